The zero-order valence-corrected chi connectivity index (χ0v) is 22.5. The van der Waals surface area contributed by atoms with E-state index >= 15 is 0 Å². The molecule has 1 amide bonds. The van der Waals surface area contributed by atoms with E-state index in [-0.39, 0.29) is 16.8 Å². The van der Waals surface area contributed by atoms with Gasteiger partial charge in [-0.3, -0.25) is 9.20 Å². The van der Waals surface area contributed by atoms with Gasteiger partial charge < -0.3 is 10.4 Å². The van der Waals surface area contributed by atoms with Gasteiger partial charge in [0.15, 0.2) is 0 Å². The van der Waals surface area contributed by atoms with Crippen molar-refractivity contribution in [2.45, 2.75) is 19.4 Å². The van der Waals surface area contributed by atoms with Gasteiger partial charge in [0.05, 0.1) is 23.3 Å². The fourth-order valence-corrected chi connectivity index (χ4v) is 5.16. The highest BCUT2D eigenvalue weighted by molar-refractivity contribution is 5.95. The van der Waals surface area contributed by atoms with E-state index in [0.717, 1.165) is 34.5 Å². The van der Waals surface area contributed by atoms with Crippen LogP contribution in [0.2, 0.25) is 0 Å². The van der Waals surface area contributed by atoms with Crippen molar-refractivity contribution in [2.24, 2.45) is 0 Å². The Bertz CT molecular complexity index is 1980. The lowest BCUT2D eigenvalue weighted by atomic mass is 10.0. The molecule has 6 rings (SSSR count). The SMILES string of the molecule is C[C@H](NC(=O)c1cc(-c2cc(F)ccc2F)cc2cnc(Cc3ccc4ccccc4c3)n12)c1ccc(C(=O)O)cc1. The van der Waals surface area contributed by atoms with Gasteiger partial charge >= 0.3 is 5.97 Å². The van der Waals surface area contributed by atoms with Crippen molar-refractivity contribution < 1.29 is 23.5 Å². The lowest BCUT2D eigenvalue weighted by Gasteiger charge is -2.17. The normalized spacial score (nSPS) is 12.0. The number of carbonyl (C=O) groups is 2. The molecule has 8 heteroatoms. The summed E-state index contributed by atoms with van der Waals surface area (Å²) < 4.78 is 30.6. The molecule has 2 heterocycles. The topological polar surface area (TPSA) is 83.7 Å². The average molecular weight is 562 g/mol. The first-order valence-electron chi connectivity index (χ1n) is 13.3. The van der Waals surface area contributed by atoms with Crippen molar-refractivity contribution in [3.05, 3.63) is 143 Å². The number of rotatable bonds is 7. The summed E-state index contributed by atoms with van der Waals surface area (Å²) in [6, 6.07) is 26.3. The third-order valence-corrected chi connectivity index (χ3v) is 7.35. The maximum Gasteiger partial charge on any atom is 0.335 e. The molecule has 0 saturated carbocycles. The van der Waals surface area contributed by atoms with E-state index in [2.05, 4.69) is 16.4 Å². The fourth-order valence-electron chi connectivity index (χ4n) is 5.16. The number of fused-ring (bicyclic) bond motifs is 2. The van der Waals surface area contributed by atoms with Crippen LogP contribution in [0.25, 0.3) is 27.4 Å². The molecule has 0 aliphatic heterocycles. The minimum Gasteiger partial charge on any atom is -0.478 e. The molecule has 0 bridgehead atoms. The highest BCUT2D eigenvalue weighted by atomic mass is 19.1. The van der Waals surface area contributed by atoms with Crippen LogP contribution in [0.4, 0.5) is 8.78 Å². The van der Waals surface area contributed by atoms with Crippen molar-refractivity contribution in [2.75, 3.05) is 0 Å². The molecule has 1 atom stereocenters. The molecule has 0 spiro atoms. The molecule has 6 aromatic rings. The first-order chi connectivity index (χ1) is 20.3. The Morgan fingerprint density at radius 2 is 1.67 bits per heavy atom. The Kier molecular flexibility index (Phi) is 6.96. The maximum absolute atomic E-state index is 14.8. The van der Waals surface area contributed by atoms with E-state index in [1.165, 1.54) is 18.2 Å². The van der Waals surface area contributed by atoms with Crippen LogP contribution in [0, 0.1) is 11.6 Å². The highest BCUT2D eigenvalue weighted by Gasteiger charge is 2.20. The summed E-state index contributed by atoms with van der Waals surface area (Å²) in [6.45, 7) is 1.78. The van der Waals surface area contributed by atoms with Crippen LogP contribution in [0.3, 0.4) is 0 Å². The van der Waals surface area contributed by atoms with Crippen LogP contribution in [0.5, 0.6) is 0 Å². The van der Waals surface area contributed by atoms with Crippen LogP contribution in [0.15, 0.2) is 103 Å². The number of halogens is 2. The van der Waals surface area contributed by atoms with Gasteiger partial charge in [-0.2, -0.15) is 0 Å². The molecular formula is C34H25F2N3O3. The first kappa shape index (κ1) is 26.8. The molecule has 0 saturated heterocycles. The second-order valence-electron chi connectivity index (χ2n) is 10.2. The number of benzene rings is 4. The summed E-state index contributed by atoms with van der Waals surface area (Å²) in [6.07, 6.45) is 2.04. The predicted octanol–water partition coefficient (Wildman–Crippen LogP) is 7.21. The van der Waals surface area contributed by atoms with Crippen molar-refractivity contribution in [3.63, 3.8) is 0 Å². The fraction of sp³-hybridized carbons (Fsp3) is 0.0882. The average Bonchev–Trinajstić information content (AvgIpc) is 3.40. The van der Waals surface area contributed by atoms with Crippen LogP contribution >= 0.6 is 0 Å². The number of hydrogen-bond donors (Lipinski definition) is 2. The third kappa shape index (κ3) is 5.22. The number of carboxylic acids is 1. The van der Waals surface area contributed by atoms with Gasteiger partial charge in [0.1, 0.15) is 23.2 Å². The van der Waals surface area contributed by atoms with Crippen LogP contribution in [-0.2, 0) is 6.42 Å². The predicted molar refractivity (Wildman–Crippen MR) is 157 cm³/mol. The van der Waals surface area contributed by atoms with E-state index in [9.17, 15) is 23.5 Å². The van der Waals surface area contributed by atoms with Crippen LogP contribution < -0.4 is 5.32 Å². The number of pyridine rings is 1. The van der Waals surface area contributed by atoms with Gasteiger partial charge in [0.25, 0.3) is 5.91 Å². The standard InChI is InChI=1S/C34H25F2N3O3/c1-20(22-8-10-24(11-9-22)34(41)42)38-33(40)31-17-26(29-18-27(35)12-13-30(29)36)16-28-19-37-32(39(28)31)15-21-6-7-23-4-2-3-5-25(23)14-21/h2-14,16-20H,15H2,1H3,(H,38,40)(H,41,42)/t20-/m0/s1. The van der Waals surface area contributed by atoms with Crippen LogP contribution in [0.1, 0.15) is 50.8 Å². The molecule has 0 unspecified atom stereocenters. The Balaban J connectivity index is 1.42. The molecule has 0 radical (unpaired) electrons. The second kappa shape index (κ2) is 10.9. The third-order valence-electron chi connectivity index (χ3n) is 7.35. The number of nitrogens with one attached hydrogen (secondary N) is 1. The number of amides is 1. The summed E-state index contributed by atoms with van der Waals surface area (Å²) in [5.41, 5.74) is 2.96. The molecule has 208 valence electrons. The summed E-state index contributed by atoms with van der Waals surface area (Å²) >= 11 is 0. The van der Waals surface area contributed by atoms with Gasteiger partial charge in [-0.05, 0) is 76.9 Å². The number of nitrogens with zero attached hydrogens (tertiary/aromatic N) is 2. The van der Waals surface area contributed by atoms with Gasteiger partial charge in [-0.1, -0.05) is 54.6 Å². The largest absolute Gasteiger partial charge is 0.478 e. The molecule has 0 aliphatic rings. The molecule has 0 fully saturated rings. The van der Waals surface area contributed by atoms with Crippen molar-refractivity contribution in [1.82, 2.24) is 14.7 Å². The van der Waals surface area contributed by atoms with E-state index in [0.29, 0.717) is 28.9 Å². The molecular weight excluding hydrogens is 536 g/mol. The van der Waals surface area contributed by atoms with E-state index in [4.69, 9.17) is 0 Å². The summed E-state index contributed by atoms with van der Waals surface area (Å²) in [5.74, 6) is -2.10. The number of aromatic nitrogens is 2. The number of carboxylic acid groups (broad SMARTS) is 1. The van der Waals surface area contributed by atoms with Crippen molar-refractivity contribution in [1.29, 1.82) is 0 Å². The molecule has 0 aliphatic carbocycles. The minimum absolute atomic E-state index is 0.0288. The van der Waals surface area contributed by atoms with E-state index < -0.39 is 29.6 Å². The van der Waals surface area contributed by atoms with E-state index in [1.54, 1.807) is 35.7 Å². The quantitative estimate of drug-likeness (QED) is 0.216. The smallest absolute Gasteiger partial charge is 0.335 e. The van der Waals surface area contributed by atoms with Gasteiger partial charge in [-0.25, -0.2) is 18.6 Å². The Hall–Kier alpha value is -5.37. The zero-order chi connectivity index (χ0) is 29.4. The number of carbonyl (C=O) groups excluding carboxylic acids is 1. The number of aromatic carboxylic acids is 1. The highest BCUT2D eigenvalue weighted by Crippen LogP contribution is 2.29. The monoisotopic (exact) mass is 561 g/mol. The zero-order valence-electron chi connectivity index (χ0n) is 22.5. The lowest BCUT2D eigenvalue weighted by Crippen LogP contribution is -2.28. The van der Waals surface area contributed by atoms with Crippen molar-refractivity contribution in [3.8, 4) is 11.1 Å². The van der Waals surface area contributed by atoms with Gasteiger partial charge in [0, 0.05) is 12.0 Å². The number of imidazole rings is 1. The minimum atomic E-state index is -1.04. The summed E-state index contributed by atoms with van der Waals surface area (Å²) in [7, 11) is 0. The summed E-state index contributed by atoms with van der Waals surface area (Å²) in [5, 5.41) is 14.4. The maximum atomic E-state index is 14.8. The van der Waals surface area contributed by atoms with Crippen molar-refractivity contribution >= 4 is 28.2 Å². The molecule has 6 nitrogen and oxygen atoms in total. The Morgan fingerprint density at radius 3 is 2.43 bits per heavy atom. The second-order valence-corrected chi connectivity index (χ2v) is 10.2. The Labute approximate surface area is 239 Å². The molecule has 4 aromatic carbocycles. The molecule has 2 N–H and O–H groups in total. The van der Waals surface area contributed by atoms with E-state index in [1.807, 2.05) is 36.4 Å². The molecule has 42 heavy (non-hydrogen) atoms. The van der Waals surface area contributed by atoms with Gasteiger partial charge in [0.2, 0.25) is 0 Å². The number of hydrogen-bond acceptors (Lipinski definition) is 3. The van der Waals surface area contributed by atoms with Crippen LogP contribution in [-0.4, -0.2) is 26.4 Å². The first-order valence-corrected chi connectivity index (χ1v) is 13.3. The Morgan fingerprint density at radius 1 is 0.905 bits per heavy atom. The molecule has 2 aromatic heterocycles. The van der Waals surface area contributed by atoms with Gasteiger partial charge in [-0.15, -0.1) is 0 Å². The summed E-state index contributed by atoms with van der Waals surface area (Å²) in [4.78, 5) is 29.7. The lowest BCUT2D eigenvalue weighted by molar-refractivity contribution is 0.0696.